The highest BCUT2D eigenvalue weighted by molar-refractivity contribution is 6.30. The molecular weight excluding hydrogens is 267 g/mol. The number of hydrogen-bond acceptors (Lipinski definition) is 3. The van der Waals surface area contributed by atoms with Crippen LogP contribution in [-0.4, -0.2) is 6.21 Å². The number of nitrogens with zero attached hydrogens (tertiary/aromatic N) is 1. The first-order valence-corrected chi connectivity index (χ1v) is 5.97. The van der Waals surface area contributed by atoms with Gasteiger partial charge in [-0.3, -0.25) is 0 Å². The first kappa shape index (κ1) is 13.4. The van der Waals surface area contributed by atoms with E-state index in [0.29, 0.717) is 16.3 Å². The third kappa shape index (κ3) is 3.69. The van der Waals surface area contributed by atoms with Crippen LogP contribution in [0.15, 0.2) is 47.6 Å². The Labute approximate surface area is 115 Å². The maximum Gasteiger partial charge on any atom is 0.131 e. The van der Waals surface area contributed by atoms with Gasteiger partial charge in [0.2, 0.25) is 0 Å². The van der Waals surface area contributed by atoms with E-state index in [1.807, 2.05) is 12.1 Å². The Hall–Kier alpha value is -2.07. The average Bonchev–Trinajstić information content (AvgIpc) is 2.38. The summed E-state index contributed by atoms with van der Waals surface area (Å²) >= 11 is 5.68. The third-order valence-corrected chi connectivity index (χ3v) is 2.73. The number of rotatable bonds is 4. The molecular formula is C14H12ClFN2O. The molecule has 0 fully saturated rings. The molecule has 5 heteroatoms. The van der Waals surface area contributed by atoms with Gasteiger partial charge in [-0.2, -0.15) is 5.10 Å². The van der Waals surface area contributed by atoms with Crippen LogP contribution in [0.5, 0.6) is 5.75 Å². The molecule has 0 bridgehead atoms. The molecule has 2 N–H and O–H groups in total. The van der Waals surface area contributed by atoms with Crippen molar-refractivity contribution in [2.24, 2.45) is 10.9 Å². The zero-order chi connectivity index (χ0) is 13.7. The van der Waals surface area contributed by atoms with Crippen molar-refractivity contribution in [3.8, 4) is 5.75 Å². The quantitative estimate of drug-likeness (QED) is 0.530. The van der Waals surface area contributed by atoms with Crippen molar-refractivity contribution in [2.75, 3.05) is 0 Å². The number of nitrogens with two attached hydrogens (primary N) is 1. The average molecular weight is 279 g/mol. The molecule has 3 nitrogen and oxygen atoms in total. The Morgan fingerprint density at radius 3 is 2.84 bits per heavy atom. The second-order valence-corrected chi connectivity index (χ2v) is 4.31. The van der Waals surface area contributed by atoms with Gasteiger partial charge in [0.25, 0.3) is 0 Å². The largest absolute Gasteiger partial charge is 0.489 e. The van der Waals surface area contributed by atoms with Crippen molar-refractivity contribution < 1.29 is 9.13 Å². The summed E-state index contributed by atoms with van der Waals surface area (Å²) in [7, 11) is 0. The Morgan fingerprint density at radius 1 is 1.26 bits per heavy atom. The van der Waals surface area contributed by atoms with E-state index < -0.39 is 0 Å². The van der Waals surface area contributed by atoms with Crippen LogP contribution < -0.4 is 10.6 Å². The molecule has 0 aliphatic heterocycles. The molecule has 0 atom stereocenters. The van der Waals surface area contributed by atoms with Gasteiger partial charge in [0.05, 0.1) is 6.21 Å². The van der Waals surface area contributed by atoms with E-state index in [0.717, 1.165) is 5.56 Å². The minimum absolute atomic E-state index is 0.131. The van der Waals surface area contributed by atoms with E-state index in [1.54, 1.807) is 24.3 Å². The van der Waals surface area contributed by atoms with Gasteiger partial charge in [0.15, 0.2) is 0 Å². The molecule has 0 radical (unpaired) electrons. The summed E-state index contributed by atoms with van der Waals surface area (Å²) in [5.41, 5.74) is 1.26. The lowest BCUT2D eigenvalue weighted by Crippen LogP contribution is -1.99. The molecule has 0 saturated carbocycles. The summed E-state index contributed by atoms with van der Waals surface area (Å²) in [4.78, 5) is 0. The van der Waals surface area contributed by atoms with Crippen molar-refractivity contribution >= 4 is 17.8 Å². The van der Waals surface area contributed by atoms with Crippen molar-refractivity contribution in [2.45, 2.75) is 6.61 Å². The molecule has 2 aromatic carbocycles. The number of halogens is 2. The normalized spacial score (nSPS) is 10.8. The summed E-state index contributed by atoms with van der Waals surface area (Å²) in [5.74, 6) is 5.31. The molecule has 98 valence electrons. The summed E-state index contributed by atoms with van der Waals surface area (Å²) < 4.78 is 19.1. The smallest absolute Gasteiger partial charge is 0.131 e. The lowest BCUT2D eigenvalue weighted by Gasteiger charge is -2.08. The molecule has 2 aromatic rings. The fraction of sp³-hybridized carbons (Fsp3) is 0.0714. The van der Waals surface area contributed by atoms with Crippen LogP contribution in [0.3, 0.4) is 0 Å². The minimum Gasteiger partial charge on any atom is -0.489 e. The fourth-order valence-corrected chi connectivity index (χ4v) is 1.73. The molecule has 2 rings (SSSR count). The van der Waals surface area contributed by atoms with Gasteiger partial charge in [0.1, 0.15) is 18.2 Å². The number of benzene rings is 2. The molecule has 0 spiro atoms. The van der Waals surface area contributed by atoms with Crippen molar-refractivity contribution in [3.63, 3.8) is 0 Å². The van der Waals surface area contributed by atoms with Gasteiger partial charge in [-0.1, -0.05) is 29.8 Å². The second kappa shape index (κ2) is 6.20. The summed E-state index contributed by atoms with van der Waals surface area (Å²) in [5, 5.41) is 3.80. The van der Waals surface area contributed by atoms with Crippen molar-refractivity contribution in [1.82, 2.24) is 0 Å². The third-order valence-electron chi connectivity index (χ3n) is 2.49. The van der Waals surface area contributed by atoms with Gasteiger partial charge in [-0.15, -0.1) is 0 Å². The van der Waals surface area contributed by atoms with Crippen LogP contribution >= 0.6 is 11.6 Å². The van der Waals surface area contributed by atoms with Crippen molar-refractivity contribution in [1.29, 1.82) is 0 Å². The van der Waals surface area contributed by atoms with E-state index in [1.165, 1.54) is 12.3 Å². The summed E-state index contributed by atoms with van der Waals surface area (Å²) in [6.07, 6.45) is 1.51. The summed E-state index contributed by atoms with van der Waals surface area (Å²) in [6.45, 7) is 0.131. The number of ether oxygens (including phenoxy) is 1. The van der Waals surface area contributed by atoms with Gasteiger partial charge in [-0.05, 0) is 29.8 Å². The Bertz CT molecular complexity index is 602. The Morgan fingerprint density at radius 2 is 2.11 bits per heavy atom. The molecule has 0 unspecified atom stereocenters. The van der Waals surface area contributed by atoms with Gasteiger partial charge < -0.3 is 10.6 Å². The molecule has 0 aliphatic rings. The minimum atomic E-state index is -0.382. The highest BCUT2D eigenvalue weighted by Crippen LogP contribution is 2.18. The molecule has 0 amide bonds. The van der Waals surface area contributed by atoms with Gasteiger partial charge in [-0.25, -0.2) is 4.39 Å². The lowest BCUT2D eigenvalue weighted by atomic mass is 10.2. The van der Waals surface area contributed by atoms with E-state index in [2.05, 4.69) is 5.10 Å². The molecule has 0 heterocycles. The maximum absolute atomic E-state index is 13.6. The van der Waals surface area contributed by atoms with E-state index in [4.69, 9.17) is 22.2 Å². The summed E-state index contributed by atoms with van der Waals surface area (Å²) in [6, 6.07) is 11.7. The van der Waals surface area contributed by atoms with E-state index in [-0.39, 0.29) is 12.4 Å². The van der Waals surface area contributed by atoms with E-state index >= 15 is 0 Å². The number of hydrogen-bond donors (Lipinski definition) is 1. The second-order valence-electron chi connectivity index (χ2n) is 3.88. The monoisotopic (exact) mass is 278 g/mol. The van der Waals surface area contributed by atoms with Crippen molar-refractivity contribution in [3.05, 3.63) is 64.4 Å². The first-order valence-electron chi connectivity index (χ1n) is 5.59. The zero-order valence-corrected chi connectivity index (χ0v) is 10.8. The highest BCUT2D eigenvalue weighted by Gasteiger charge is 2.04. The highest BCUT2D eigenvalue weighted by atomic mass is 35.5. The predicted molar refractivity (Wildman–Crippen MR) is 74.0 cm³/mol. The van der Waals surface area contributed by atoms with Crippen LogP contribution in [0, 0.1) is 5.82 Å². The molecule has 0 aliphatic carbocycles. The SMILES string of the molecule is NN=Cc1cccc(OCc2ccc(Cl)cc2F)c1. The first-order chi connectivity index (χ1) is 9.19. The number of hydrazone groups is 1. The molecule has 19 heavy (non-hydrogen) atoms. The van der Waals surface area contributed by atoms with Crippen LogP contribution in [0.2, 0.25) is 5.02 Å². The zero-order valence-electron chi connectivity index (χ0n) is 10.0. The van der Waals surface area contributed by atoms with Crippen LogP contribution in [-0.2, 0) is 6.61 Å². The van der Waals surface area contributed by atoms with Crippen LogP contribution in [0.1, 0.15) is 11.1 Å². The van der Waals surface area contributed by atoms with Crippen LogP contribution in [0.4, 0.5) is 4.39 Å². The molecule has 0 saturated heterocycles. The fourth-order valence-electron chi connectivity index (χ4n) is 1.57. The van der Waals surface area contributed by atoms with E-state index in [9.17, 15) is 4.39 Å². The maximum atomic E-state index is 13.6. The standard InChI is InChI=1S/C14H12ClFN2O/c15-12-5-4-11(14(16)7-12)9-19-13-3-1-2-10(6-13)8-18-17/h1-8H,9,17H2. The Kier molecular flexibility index (Phi) is 4.36. The van der Waals surface area contributed by atoms with Crippen LogP contribution in [0.25, 0.3) is 0 Å². The predicted octanol–water partition coefficient (Wildman–Crippen LogP) is 3.35. The van der Waals surface area contributed by atoms with Gasteiger partial charge >= 0.3 is 0 Å². The van der Waals surface area contributed by atoms with Gasteiger partial charge in [0, 0.05) is 10.6 Å². The Balaban J connectivity index is 2.07. The lowest BCUT2D eigenvalue weighted by molar-refractivity contribution is 0.300. The molecule has 0 aromatic heterocycles. The topological polar surface area (TPSA) is 47.6 Å².